The van der Waals surface area contributed by atoms with Gasteiger partial charge in [-0.15, -0.1) is 0 Å². The first-order valence-electron chi connectivity index (χ1n) is 6.77. The van der Waals surface area contributed by atoms with Crippen LogP contribution in [0.15, 0.2) is 24.3 Å². The van der Waals surface area contributed by atoms with Gasteiger partial charge < -0.3 is 9.05 Å². The van der Waals surface area contributed by atoms with E-state index in [4.69, 9.17) is 9.05 Å². The Hall–Kier alpha value is -0.840. The highest BCUT2D eigenvalue weighted by molar-refractivity contribution is 7.53. The van der Waals surface area contributed by atoms with Crippen LogP contribution in [0.5, 0.6) is 0 Å². The summed E-state index contributed by atoms with van der Waals surface area (Å²) in [6.45, 7) is 5.56. The summed E-state index contributed by atoms with van der Waals surface area (Å²) in [6, 6.07) is 5.02. The second-order valence-electron chi connectivity index (χ2n) is 4.65. The maximum Gasteiger partial charge on any atom is 0.416 e. The fraction of sp³-hybridized carbons (Fsp3) is 0.571. The lowest BCUT2D eigenvalue weighted by Gasteiger charge is -2.21. The first-order chi connectivity index (χ1) is 9.72. The van der Waals surface area contributed by atoms with E-state index in [-0.39, 0.29) is 25.3 Å². The Bertz CT molecular complexity index is 492. The smallest absolute Gasteiger partial charge is 0.309 e. The van der Waals surface area contributed by atoms with E-state index in [2.05, 4.69) is 0 Å². The molecule has 0 unspecified atom stereocenters. The van der Waals surface area contributed by atoms with Crippen LogP contribution in [0.4, 0.5) is 13.2 Å². The van der Waals surface area contributed by atoms with Gasteiger partial charge in [-0.25, -0.2) is 0 Å². The monoisotopic (exact) mass is 324 g/mol. The maximum atomic E-state index is 12.7. The van der Waals surface area contributed by atoms with E-state index >= 15 is 0 Å². The SMILES string of the molecule is CCOP(=O)(C[C@@H](C)c1cccc(C(F)(F)F)c1)OCC. The van der Waals surface area contributed by atoms with Crippen molar-refractivity contribution < 1.29 is 26.8 Å². The summed E-state index contributed by atoms with van der Waals surface area (Å²) in [5.74, 6) is -0.365. The van der Waals surface area contributed by atoms with Crippen molar-refractivity contribution in [2.75, 3.05) is 19.4 Å². The summed E-state index contributed by atoms with van der Waals surface area (Å²) in [5, 5.41) is 0. The van der Waals surface area contributed by atoms with Crippen LogP contribution < -0.4 is 0 Å². The first-order valence-corrected chi connectivity index (χ1v) is 8.50. The predicted octanol–water partition coefficient (Wildman–Crippen LogP) is 5.08. The zero-order valence-electron chi connectivity index (χ0n) is 12.3. The second kappa shape index (κ2) is 7.43. The largest absolute Gasteiger partial charge is 0.416 e. The van der Waals surface area contributed by atoms with E-state index in [1.165, 1.54) is 6.07 Å². The lowest BCUT2D eigenvalue weighted by atomic mass is 10.0. The van der Waals surface area contributed by atoms with E-state index < -0.39 is 19.3 Å². The van der Waals surface area contributed by atoms with Crippen molar-refractivity contribution in [3.05, 3.63) is 35.4 Å². The zero-order valence-corrected chi connectivity index (χ0v) is 13.2. The van der Waals surface area contributed by atoms with Gasteiger partial charge in [0, 0.05) is 0 Å². The van der Waals surface area contributed by atoms with E-state index in [0.29, 0.717) is 5.56 Å². The van der Waals surface area contributed by atoms with Crippen molar-refractivity contribution in [1.82, 2.24) is 0 Å². The molecule has 0 heterocycles. The third-order valence-corrected chi connectivity index (χ3v) is 5.23. The van der Waals surface area contributed by atoms with E-state index in [1.807, 2.05) is 0 Å². The topological polar surface area (TPSA) is 35.5 Å². The highest BCUT2D eigenvalue weighted by Gasteiger charge is 2.32. The van der Waals surface area contributed by atoms with Crippen LogP contribution in [-0.2, 0) is 19.8 Å². The van der Waals surface area contributed by atoms with E-state index in [9.17, 15) is 17.7 Å². The van der Waals surface area contributed by atoms with Gasteiger partial charge in [-0.05, 0) is 31.4 Å². The maximum absolute atomic E-state index is 12.7. The summed E-state index contributed by atoms with van der Waals surface area (Å²) in [7, 11) is -3.28. The molecule has 120 valence electrons. The van der Waals surface area contributed by atoms with Crippen LogP contribution in [0.1, 0.15) is 37.8 Å². The van der Waals surface area contributed by atoms with Gasteiger partial charge in [-0.3, -0.25) is 4.57 Å². The van der Waals surface area contributed by atoms with Crippen LogP contribution in [0.3, 0.4) is 0 Å². The number of rotatable bonds is 7. The van der Waals surface area contributed by atoms with E-state index in [0.717, 1.165) is 12.1 Å². The van der Waals surface area contributed by atoms with Crippen LogP contribution >= 0.6 is 7.60 Å². The zero-order chi connectivity index (χ0) is 16.1. The standard InChI is InChI=1S/C14H20F3O3P/c1-4-19-21(18,20-5-2)10-11(3)12-7-6-8-13(9-12)14(15,16)17/h6-9,11H,4-5,10H2,1-3H3/t11-/m1/s1. The van der Waals surface area contributed by atoms with Crippen LogP contribution in [0, 0.1) is 0 Å². The molecule has 0 fully saturated rings. The van der Waals surface area contributed by atoms with Gasteiger partial charge in [0.15, 0.2) is 0 Å². The van der Waals surface area contributed by atoms with Gasteiger partial charge in [-0.1, -0.05) is 25.1 Å². The molecule has 0 aliphatic carbocycles. The third-order valence-electron chi connectivity index (χ3n) is 2.93. The molecule has 0 saturated heterocycles. The molecule has 7 heteroatoms. The minimum atomic E-state index is -4.39. The summed E-state index contributed by atoms with van der Waals surface area (Å²) in [5.41, 5.74) is -0.251. The minimum absolute atomic E-state index is 0.0516. The summed E-state index contributed by atoms with van der Waals surface area (Å²) in [4.78, 5) is 0. The Morgan fingerprint density at radius 1 is 1.19 bits per heavy atom. The van der Waals surface area contributed by atoms with Crippen LogP contribution in [0.25, 0.3) is 0 Å². The summed E-state index contributed by atoms with van der Waals surface area (Å²) < 4.78 is 60.9. The highest BCUT2D eigenvalue weighted by Crippen LogP contribution is 2.51. The molecule has 0 aliphatic rings. The van der Waals surface area contributed by atoms with Crippen molar-refractivity contribution in [1.29, 1.82) is 0 Å². The van der Waals surface area contributed by atoms with Gasteiger partial charge in [0.05, 0.1) is 24.9 Å². The Morgan fingerprint density at radius 2 is 1.76 bits per heavy atom. The fourth-order valence-electron chi connectivity index (χ4n) is 2.00. The third kappa shape index (κ3) is 5.46. The number of benzene rings is 1. The van der Waals surface area contributed by atoms with Gasteiger partial charge in [0.1, 0.15) is 0 Å². The lowest BCUT2D eigenvalue weighted by molar-refractivity contribution is -0.137. The molecule has 1 atom stereocenters. The molecule has 1 aromatic carbocycles. The summed E-state index contributed by atoms with van der Waals surface area (Å²) >= 11 is 0. The molecule has 0 amide bonds. The predicted molar refractivity (Wildman–Crippen MR) is 75.6 cm³/mol. The normalized spacial score (nSPS) is 14.2. The quantitative estimate of drug-likeness (QED) is 0.657. The molecule has 0 radical (unpaired) electrons. The molecule has 1 rings (SSSR count). The lowest BCUT2D eigenvalue weighted by Crippen LogP contribution is -2.09. The van der Waals surface area contributed by atoms with Gasteiger partial charge in [0.2, 0.25) is 0 Å². The average Bonchev–Trinajstić information content (AvgIpc) is 2.38. The number of hydrogen-bond donors (Lipinski definition) is 0. The van der Waals surface area contributed by atoms with Crippen molar-refractivity contribution in [2.45, 2.75) is 32.9 Å². The number of alkyl halides is 3. The van der Waals surface area contributed by atoms with Crippen LogP contribution in [-0.4, -0.2) is 19.4 Å². The fourth-order valence-corrected chi connectivity index (χ4v) is 3.95. The van der Waals surface area contributed by atoms with Crippen molar-refractivity contribution in [2.24, 2.45) is 0 Å². The first kappa shape index (κ1) is 18.2. The Morgan fingerprint density at radius 3 is 2.24 bits per heavy atom. The molecule has 0 saturated carbocycles. The molecule has 3 nitrogen and oxygen atoms in total. The molecular weight excluding hydrogens is 304 g/mol. The van der Waals surface area contributed by atoms with Gasteiger partial charge in [0.25, 0.3) is 0 Å². The van der Waals surface area contributed by atoms with Crippen LogP contribution in [0.2, 0.25) is 0 Å². The molecular formula is C14H20F3O3P. The minimum Gasteiger partial charge on any atom is -0.309 e. The van der Waals surface area contributed by atoms with Gasteiger partial charge >= 0.3 is 13.8 Å². The van der Waals surface area contributed by atoms with Crippen molar-refractivity contribution in [3.63, 3.8) is 0 Å². The number of hydrogen-bond acceptors (Lipinski definition) is 3. The molecule has 0 aliphatic heterocycles. The van der Waals surface area contributed by atoms with Crippen molar-refractivity contribution >= 4 is 7.60 Å². The molecule has 21 heavy (non-hydrogen) atoms. The van der Waals surface area contributed by atoms with Crippen molar-refractivity contribution in [3.8, 4) is 0 Å². The molecule has 0 aromatic heterocycles. The Balaban J connectivity index is 2.93. The average molecular weight is 324 g/mol. The molecule has 1 aromatic rings. The highest BCUT2D eigenvalue weighted by atomic mass is 31.2. The van der Waals surface area contributed by atoms with E-state index in [1.54, 1.807) is 26.8 Å². The second-order valence-corrected chi connectivity index (χ2v) is 6.76. The Kier molecular flexibility index (Phi) is 6.44. The molecule has 0 spiro atoms. The van der Waals surface area contributed by atoms with Gasteiger partial charge in [-0.2, -0.15) is 13.2 Å². The molecule has 0 bridgehead atoms. The Labute approximate surface area is 123 Å². The number of halogens is 3. The molecule has 0 N–H and O–H groups in total. The summed E-state index contributed by atoms with van der Waals surface area (Å²) in [6.07, 6.45) is -4.34.